The summed E-state index contributed by atoms with van der Waals surface area (Å²) in [4.78, 5) is 2.62. The number of aromatic nitrogens is 1. The van der Waals surface area contributed by atoms with E-state index in [1.54, 1.807) is 0 Å². The van der Waals surface area contributed by atoms with Crippen molar-refractivity contribution in [3.8, 4) is 0 Å². The van der Waals surface area contributed by atoms with Gasteiger partial charge in [-0.2, -0.15) is 0 Å². The van der Waals surface area contributed by atoms with Crippen LogP contribution in [-0.2, 0) is 6.67 Å². The molecule has 2 nitrogen and oxygen atoms in total. The summed E-state index contributed by atoms with van der Waals surface area (Å²) in [6, 6.07) is 17.6. The minimum atomic E-state index is 1.02. The molecule has 2 aromatic carbocycles. The average Bonchev–Trinajstić information content (AvgIpc) is 2.68. The van der Waals surface area contributed by atoms with Crippen molar-refractivity contribution >= 4 is 21.8 Å². The first-order chi connectivity index (χ1) is 10.4. The smallest absolute Gasteiger partial charge is 0.0757 e. The van der Waals surface area contributed by atoms with Crippen LogP contribution in [0, 0.1) is 0 Å². The summed E-state index contributed by atoms with van der Waals surface area (Å²) < 4.78 is 2.50. The Kier molecular flexibility index (Phi) is 3.40. The van der Waals surface area contributed by atoms with Crippen molar-refractivity contribution in [3.05, 3.63) is 48.5 Å². The zero-order valence-electron chi connectivity index (χ0n) is 12.5. The molecule has 108 valence electrons. The van der Waals surface area contributed by atoms with Crippen molar-refractivity contribution in [1.82, 2.24) is 9.47 Å². The lowest BCUT2D eigenvalue weighted by atomic mass is 10.2. The highest BCUT2D eigenvalue weighted by atomic mass is 15.2. The van der Waals surface area contributed by atoms with Crippen LogP contribution in [0.2, 0.25) is 0 Å². The predicted octanol–water partition coefficient (Wildman–Crippen LogP) is 4.63. The van der Waals surface area contributed by atoms with E-state index in [2.05, 4.69) is 58.0 Å². The molecule has 1 aliphatic heterocycles. The van der Waals surface area contributed by atoms with Crippen LogP contribution < -0.4 is 0 Å². The summed E-state index contributed by atoms with van der Waals surface area (Å²) in [5.74, 6) is 0. The van der Waals surface area contributed by atoms with Gasteiger partial charge in [-0.25, -0.2) is 0 Å². The van der Waals surface area contributed by atoms with E-state index >= 15 is 0 Å². The number of hydrogen-bond donors (Lipinski definition) is 0. The predicted molar refractivity (Wildman–Crippen MR) is 89.5 cm³/mol. The van der Waals surface area contributed by atoms with E-state index in [1.165, 1.54) is 60.6 Å². The normalized spacial score (nSPS) is 17.3. The molecule has 0 unspecified atom stereocenters. The molecule has 0 atom stereocenters. The third-order valence-electron chi connectivity index (χ3n) is 4.72. The third kappa shape index (κ3) is 2.34. The van der Waals surface area contributed by atoms with Crippen LogP contribution >= 0.6 is 0 Å². The molecule has 1 fully saturated rings. The van der Waals surface area contributed by atoms with Crippen LogP contribution in [0.1, 0.15) is 25.7 Å². The fraction of sp³-hybridized carbons (Fsp3) is 0.368. The fourth-order valence-corrected chi connectivity index (χ4v) is 3.63. The topological polar surface area (TPSA) is 8.17 Å². The first-order valence-electron chi connectivity index (χ1n) is 8.12. The molecule has 3 aromatic rings. The van der Waals surface area contributed by atoms with Gasteiger partial charge in [0.15, 0.2) is 0 Å². The summed E-state index contributed by atoms with van der Waals surface area (Å²) in [6.45, 7) is 3.50. The van der Waals surface area contributed by atoms with E-state index in [0.29, 0.717) is 0 Å². The Balaban J connectivity index is 1.81. The molecule has 1 aliphatic rings. The highest BCUT2D eigenvalue weighted by Crippen LogP contribution is 2.29. The first-order valence-corrected chi connectivity index (χ1v) is 8.12. The summed E-state index contributed by atoms with van der Waals surface area (Å²) >= 11 is 0. The molecule has 0 bridgehead atoms. The first kappa shape index (κ1) is 12.9. The van der Waals surface area contributed by atoms with Crippen molar-refractivity contribution in [3.63, 3.8) is 0 Å². The van der Waals surface area contributed by atoms with Gasteiger partial charge < -0.3 is 4.57 Å². The van der Waals surface area contributed by atoms with Gasteiger partial charge in [0.25, 0.3) is 0 Å². The van der Waals surface area contributed by atoms with Gasteiger partial charge in [-0.05, 0) is 38.1 Å². The summed E-state index contributed by atoms with van der Waals surface area (Å²) in [5.41, 5.74) is 2.73. The number of nitrogens with zero attached hydrogens (tertiary/aromatic N) is 2. The second-order valence-corrected chi connectivity index (χ2v) is 6.14. The molecule has 0 spiro atoms. The minimum absolute atomic E-state index is 1.02. The molecule has 1 saturated heterocycles. The fourth-order valence-electron chi connectivity index (χ4n) is 3.63. The lowest BCUT2D eigenvalue weighted by molar-refractivity contribution is 0.234. The van der Waals surface area contributed by atoms with Crippen LogP contribution in [0.4, 0.5) is 0 Å². The molecular formula is C19H22N2. The molecule has 0 amide bonds. The number of para-hydroxylation sites is 2. The van der Waals surface area contributed by atoms with Crippen LogP contribution in [0.15, 0.2) is 48.5 Å². The van der Waals surface area contributed by atoms with E-state index in [1.807, 2.05) is 0 Å². The van der Waals surface area contributed by atoms with E-state index in [-0.39, 0.29) is 0 Å². The van der Waals surface area contributed by atoms with Crippen molar-refractivity contribution in [1.29, 1.82) is 0 Å². The molecule has 4 rings (SSSR count). The van der Waals surface area contributed by atoms with Crippen LogP contribution in [0.25, 0.3) is 21.8 Å². The standard InChI is InChI=1S/C19H22N2/c1-2-8-14-20(13-7-1)15-21-18-11-5-3-9-16(18)17-10-4-6-12-19(17)21/h3-6,9-12H,1-2,7-8,13-15H2. The monoisotopic (exact) mass is 278 g/mol. The summed E-state index contributed by atoms with van der Waals surface area (Å²) in [6.07, 6.45) is 5.47. The molecule has 0 aliphatic carbocycles. The van der Waals surface area contributed by atoms with Gasteiger partial charge >= 0.3 is 0 Å². The van der Waals surface area contributed by atoms with Crippen LogP contribution in [-0.4, -0.2) is 22.6 Å². The number of likely N-dealkylation sites (tertiary alicyclic amines) is 1. The maximum atomic E-state index is 2.62. The van der Waals surface area contributed by atoms with Gasteiger partial charge in [0.1, 0.15) is 0 Å². The molecule has 2 heteroatoms. The Bertz CT molecular complexity index is 695. The van der Waals surface area contributed by atoms with E-state index < -0.39 is 0 Å². The lowest BCUT2D eigenvalue weighted by Crippen LogP contribution is -2.27. The van der Waals surface area contributed by atoms with Gasteiger partial charge in [0, 0.05) is 10.8 Å². The van der Waals surface area contributed by atoms with Gasteiger partial charge in [-0.1, -0.05) is 49.2 Å². The highest BCUT2D eigenvalue weighted by Gasteiger charge is 2.14. The second-order valence-electron chi connectivity index (χ2n) is 6.14. The molecule has 0 N–H and O–H groups in total. The SMILES string of the molecule is c1ccc2c(c1)c1ccccc1n2CN1CCCCCC1. The van der Waals surface area contributed by atoms with Crippen molar-refractivity contribution in [2.75, 3.05) is 13.1 Å². The molecule has 1 aromatic heterocycles. The van der Waals surface area contributed by atoms with Crippen molar-refractivity contribution < 1.29 is 0 Å². The van der Waals surface area contributed by atoms with Crippen molar-refractivity contribution in [2.24, 2.45) is 0 Å². The van der Waals surface area contributed by atoms with Crippen LogP contribution in [0.3, 0.4) is 0 Å². The molecular weight excluding hydrogens is 256 g/mol. The van der Waals surface area contributed by atoms with E-state index in [9.17, 15) is 0 Å². The Morgan fingerprint density at radius 2 is 1.19 bits per heavy atom. The largest absolute Gasteiger partial charge is 0.327 e. The summed E-state index contributed by atoms with van der Waals surface area (Å²) in [5, 5.41) is 2.76. The molecule has 2 heterocycles. The highest BCUT2D eigenvalue weighted by molar-refractivity contribution is 6.07. The molecule has 0 radical (unpaired) electrons. The van der Waals surface area contributed by atoms with Gasteiger partial charge in [-0.15, -0.1) is 0 Å². The second kappa shape index (κ2) is 5.53. The average molecular weight is 278 g/mol. The van der Waals surface area contributed by atoms with Crippen molar-refractivity contribution in [2.45, 2.75) is 32.4 Å². The van der Waals surface area contributed by atoms with E-state index in [0.717, 1.165) is 6.67 Å². The van der Waals surface area contributed by atoms with Gasteiger partial charge in [0.2, 0.25) is 0 Å². The molecule has 21 heavy (non-hydrogen) atoms. The molecule has 0 saturated carbocycles. The number of benzene rings is 2. The van der Waals surface area contributed by atoms with Gasteiger partial charge in [0.05, 0.1) is 17.7 Å². The van der Waals surface area contributed by atoms with E-state index in [4.69, 9.17) is 0 Å². The minimum Gasteiger partial charge on any atom is -0.327 e. The number of hydrogen-bond acceptors (Lipinski definition) is 1. The maximum absolute atomic E-state index is 2.62. The zero-order valence-corrected chi connectivity index (χ0v) is 12.5. The Hall–Kier alpha value is -1.80. The quantitative estimate of drug-likeness (QED) is 0.663. The third-order valence-corrected chi connectivity index (χ3v) is 4.72. The summed E-state index contributed by atoms with van der Waals surface area (Å²) in [7, 11) is 0. The Labute approximate surface area is 126 Å². The number of fused-ring (bicyclic) bond motifs is 3. The maximum Gasteiger partial charge on any atom is 0.0757 e. The Morgan fingerprint density at radius 3 is 1.76 bits per heavy atom. The lowest BCUT2D eigenvalue weighted by Gasteiger charge is -2.21. The Morgan fingerprint density at radius 1 is 0.667 bits per heavy atom. The zero-order chi connectivity index (χ0) is 14.1. The number of rotatable bonds is 2. The van der Waals surface area contributed by atoms with Crippen LogP contribution in [0.5, 0.6) is 0 Å². The van der Waals surface area contributed by atoms with Gasteiger partial charge in [-0.3, -0.25) is 4.90 Å².